The molecule has 1 aliphatic carbocycles. The van der Waals surface area contributed by atoms with Crippen molar-refractivity contribution in [2.45, 2.75) is 24.7 Å². The molecule has 0 saturated heterocycles. The number of hydrogen-bond donors (Lipinski definition) is 1. The smallest absolute Gasteiger partial charge is 0.230 e. The number of hydrogen-bond acceptors (Lipinski definition) is 2. The molecule has 1 saturated carbocycles. The molecule has 24 heavy (non-hydrogen) atoms. The summed E-state index contributed by atoms with van der Waals surface area (Å²) < 4.78 is 14.4. The van der Waals surface area contributed by atoms with Crippen LogP contribution in [0.3, 0.4) is 0 Å². The van der Waals surface area contributed by atoms with Crippen LogP contribution in [-0.2, 0) is 16.6 Å². The minimum Gasteiger partial charge on any atom is -0.355 e. The largest absolute Gasteiger partial charge is 0.355 e. The van der Waals surface area contributed by atoms with Crippen LogP contribution in [-0.4, -0.2) is 12.5 Å². The van der Waals surface area contributed by atoms with Gasteiger partial charge in [-0.05, 0) is 59.4 Å². The van der Waals surface area contributed by atoms with Crippen LogP contribution in [0.1, 0.15) is 24.0 Å². The number of rotatable bonds is 5. The van der Waals surface area contributed by atoms with Crippen molar-refractivity contribution in [2.75, 3.05) is 6.54 Å². The zero-order chi connectivity index (χ0) is 16.6. The number of benzene rings is 2. The van der Waals surface area contributed by atoms with Crippen molar-refractivity contribution in [3.63, 3.8) is 0 Å². The van der Waals surface area contributed by atoms with Crippen LogP contribution >= 0.6 is 11.3 Å². The lowest BCUT2D eigenvalue weighted by Crippen LogP contribution is -2.35. The van der Waals surface area contributed by atoms with E-state index in [-0.39, 0.29) is 11.7 Å². The highest BCUT2D eigenvalue weighted by atomic mass is 32.1. The molecule has 0 atom stereocenters. The lowest BCUT2D eigenvalue weighted by atomic mass is 9.95. The standard InChI is InChI=1S/C20H18FNOS/c21-16-7-5-15(6-8-16)20(10-11-20)19(23)22-12-9-14-13-24-18-4-2-1-3-17(14)18/h1-8,13H,9-12H2,(H,22,23). The maximum atomic E-state index is 13.1. The predicted molar refractivity (Wildman–Crippen MR) is 95.9 cm³/mol. The van der Waals surface area contributed by atoms with Gasteiger partial charge in [-0.25, -0.2) is 4.39 Å². The summed E-state index contributed by atoms with van der Waals surface area (Å²) in [7, 11) is 0. The van der Waals surface area contributed by atoms with Crippen LogP contribution in [0.15, 0.2) is 53.9 Å². The number of carbonyl (C=O) groups is 1. The minimum absolute atomic E-state index is 0.0636. The van der Waals surface area contributed by atoms with Crippen molar-refractivity contribution in [2.24, 2.45) is 0 Å². The summed E-state index contributed by atoms with van der Waals surface area (Å²) in [6.07, 6.45) is 2.51. The van der Waals surface area contributed by atoms with Gasteiger partial charge in [-0.3, -0.25) is 4.79 Å². The molecule has 3 aromatic rings. The van der Waals surface area contributed by atoms with E-state index in [0.717, 1.165) is 24.8 Å². The number of thiophene rings is 1. The lowest BCUT2D eigenvalue weighted by Gasteiger charge is -2.15. The third-order valence-corrected chi connectivity index (χ3v) is 5.83. The van der Waals surface area contributed by atoms with E-state index in [1.807, 2.05) is 12.1 Å². The summed E-state index contributed by atoms with van der Waals surface area (Å²) in [5.74, 6) is -0.201. The Morgan fingerprint density at radius 3 is 2.62 bits per heavy atom. The Morgan fingerprint density at radius 2 is 1.88 bits per heavy atom. The maximum Gasteiger partial charge on any atom is 0.230 e. The van der Waals surface area contributed by atoms with Crippen LogP contribution in [0.4, 0.5) is 4.39 Å². The van der Waals surface area contributed by atoms with Gasteiger partial charge in [0.05, 0.1) is 5.41 Å². The molecule has 2 nitrogen and oxygen atoms in total. The third-order valence-electron chi connectivity index (χ3n) is 4.82. The van der Waals surface area contributed by atoms with E-state index in [0.29, 0.717) is 6.54 Å². The molecule has 0 bridgehead atoms. The first-order chi connectivity index (χ1) is 11.7. The maximum absolute atomic E-state index is 13.1. The predicted octanol–water partition coefficient (Wildman–Crippen LogP) is 4.43. The summed E-state index contributed by atoms with van der Waals surface area (Å²) in [4.78, 5) is 12.6. The first-order valence-corrected chi connectivity index (χ1v) is 9.06. The molecule has 1 amide bonds. The van der Waals surface area contributed by atoms with Crippen LogP contribution in [0.2, 0.25) is 0 Å². The van der Waals surface area contributed by atoms with Crippen molar-refractivity contribution in [3.05, 3.63) is 70.9 Å². The number of carbonyl (C=O) groups excluding carboxylic acids is 1. The third kappa shape index (κ3) is 2.71. The average Bonchev–Trinajstić information content (AvgIpc) is 3.32. The molecule has 0 unspecified atom stereocenters. The molecule has 1 fully saturated rings. The first kappa shape index (κ1) is 15.3. The fourth-order valence-corrected chi connectivity index (χ4v) is 4.24. The monoisotopic (exact) mass is 339 g/mol. The van der Waals surface area contributed by atoms with E-state index in [2.05, 4.69) is 22.8 Å². The van der Waals surface area contributed by atoms with Gasteiger partial charge in [0, 0.05) is 11.2 Å². The van der Waals surface area contributed by atoms with Gasteiger partial charge in [-0.2, -0.15) is 0 Å². The number of nitrogens with one attached hydrogen (secondary N) is 1. The Hall–Kier alpha value is -2.20. The summed E-state index contributed by atoms with van der Waals surface area (Å²) in [6.45, 7) is 0.627. The van der Waals surface area contributed by atoms with E-state index in [1.54, 1.807) is 23.5 Å². The van der Waals surface area contributed by atoms with Crippen molar-refractivity contribution < 1.29 is 9.18 Å². The van der Waals surface area contributed by atoms with Crippen LogP contribution in [0.5, 0.6) is 0 Å². The second-order valence-electron chi connectivity index (χ2n) is 6.35. The Kier molecular flexibility index (Phi) is 3.85. The topological polar surface area (TPSA) is 29.1 Å². The van der Waals surface area contributed by atoms with Crippen molar-refractivity contribution in [1.82, 2.24) is 5.32 Å². The fourth-order valence-electron chi connectivity index (χ4n) is 3.25. The van der Waals surface area contributed by atoms with Crippen molar-refractivity contribution >= 4 is 27.3 Å². The normalized spacial score (nSPS) is 15.4. The van der Waals surface area contributed by atoms with E-state index in [9.17, 15) is 9.18 Å². The SMILES string of the molecule is O=C(NCCc1csc2ccccc12)C1(c2ccc(F)cc2)CC1. The highest BCUT2D eigenvalue weighted by Gasteiger charge is 2.50. The highest BCUT2D eigenvalue weighted by Crippen LogP contribution is 2.48. The molecule has 0 radical (unpaired) electrons. The lowest BCUT2D eigenvalue weighted by molar-refractivity contribution is -0.123. The quantitative estimate of drug-likeness (QED) is 0.732. The summed E-state index contributed by atoms with van der Waals surface area (Å²) >= 11 is 1.74. The Labute approximate surface area is 144 Å². The van der Waals surface area contributed by atoms with Crippen molar-refractivity contribution in [3.8, 4) is 0 Å². The second kappa shape index (κ2) is 6.02. The van der Waals surface area contributed by atoms with Gasteiger partial charge in [0.15, 0.2) is 0 Å². The Morgan fingerprint density at radius 1 is 1.12 bits per heavy atom. The van der Waals surface area contributed by atoms with Gasteiger partial charge in [-0.15, -0.1) is 11.3 Å². The van der Waals surface area contributed by atoms with Crippen LogP contribution in [0.25, 0.3) is 10.1 Å². The molecule has 4 rings (SSSR count). The van der Waals surface area contributed by atoms with Gasteiger partial charge < -0.3 is 5.32 Å². The highest BCUT2D eigenvalue weighted by molar-refractivity contribution is 7.17. The molecule has 1 aromatic heterocycles. The molecule has 122 valence electrons. The number of halogens is 1. The molecule has 2 aromatic carbocycles. The Balaban J connectivity index is 1.41. The van der Waals surface area contributed by atoms with Gasteiger partial charge in [-0.1, -0.05) is 30.3 Å². The molecular weight excluding hydrogens is 321 g/mol. The summed E-state index contributed by atoms with van der Waals surface area (Å²) in [6, 6.07) is 14.7. The van der Waals surface area contributed by atoms with Crippen LogP contribution in [0, 0.1) is 5.82 Å². The summed E-state index contributed by atoms with van der Waals surface area (Å²) in [5, 5.41) is 6.52. The molecule has 1 aliphatic rings. The Bertz CT molecular complexity index is 880. The average molecular weight is 339 g/mol. The van der Waals surface area contributed by atoms with Gasteiger partial charge in [0.25, 0.3) is 0 Å². The molecule has 1 N–H and O–H groups in total. The van der Waals surface area contributed by atoms with Crippen molar-refractivity contribution in [1.29, 1.82) is 0 Å². The zero-order valence-corrected chi connectivity index (χ0v) is 14.0. The molecule has 1 heterocycles. The molecule has 0 spiro atoms. The fraction of sp³-hybridized carbons (Fsp3) is 0.250. The van der Waals surface area contributed by atoms with Gasteiger partial charge in [0.2, 0.25) is 5.91 Å². The van der Waals surface area contributed by atoms with E-state index in [1.165, 1.54) is 27.8 Å². The molecule has 0 aliphatic heterocycles. The zero-order valence-electron chi connectivity index (χ0n) is 13.2. The minimum atomic E-state index is -0.440. The number of fused-ring (bicyclic) bond motifs is 1. The number of amides is 1. The summed E-state index contributed by atoms with van der Waals surface area (Å²) in [5.41, 5.74) is 1.76. The van der Waals surface area contributed by atoms with E-state index < -0.39 is 5.41 Å². The van der Waals surface area contributed by atoms with Gasteiger partial charge in [0.1, 0.15) is 5.82 Å². The van der Waals surface area contributed by atoms with Crippen LogP contribution < -0.4 is 5.32 Å². The second-order valence-corrected chi connectivity index (χ2v) is 7.26. The molecule has 4 heteroatoms. The van der Waals surface area contributed by atoms with E-state index in [4.69, 9.17) is 0 Å². The van der Waals surface area contributed by atoms with E-state index >= 15 is 0 Å². The molecular formula is C20H18FNOS. The first-order valence-electron chi connectivity index (χ1n) is 8.18. The van der Waals surface area contributed by atoms with Gasteiger partial charge >= 0.3 is 0 Å².